The SMILES string of the molecule is C[C@H](CC(C)(C)C)C(=O)C(C)(C)C. The third-order valence-corrected chi connectivity index (χ3v) is 2.11. The number of carbonyl (C=O) groups is 1. The summed E-state index contributed by atoms with van der Waals surface area (Å²) >= 11 is 0. The van der Waals surface area contributed by atoms with Crippen molar-refractivity contribution in [2.45, 2.75) is 54.9 Å². The Kier molecular flexibility index (Phi) is 3.71. The maximum atomic E-state index is 11.8. The molecule has 0 aromatic carbocycles. The summed E-state index contributed by atoms with van der Waals surface area (Å²) in [7, 11) is 0. The molecule has 1 atom stereocenters. The van der Waals surface area contributed by atoms with E-state index in [0.29, 0.717) is 5.78 Å². The molecule has 0 radical (unpaired) electrons. The molecule has 0 heterocycles. The first-order chi connectivity index (χ1) is 5.54. The van der Waals surface area contributed by atoms with Crippen molar-refractivity contribution in [3.63, 3.8) is 0 Å². The Morgan fingerprint density at radius 3 is 1.69 bits per heavy atom. The fraction of sp³-hybridized carbons (Fsp3) is 0.917. The van der Waals surface area contributed by atoms with Crippen LogP contribution in [-0.4, -0.2) is 5.78 Å². The fourth-order valence-corrected chi connectivity index (χ4v) is 1.75. The lowest BCUT2D eigenvalue weighted by Crippen LogP contribution is -2.29. The molecule has 13 heavy (non-hydrogen) atoms. The highest BCUT2D eigenvalue weighted by Gasteiger charge is 2.29. The molecule has 0 unspecified atom stereocenters. The van der Waals surface area contributed by atoms with Crippen LogP contribution < -0.4 is 0 Å². The molecule has 0 N–H and O–H groups in total. The lowest BCUT2D eigenvalue weighted by molar-refractivity contribution is -0.130. The molecule has 0 aromatic heterocycles. The van der Waals surface area contributed by atoms with E-state index in [1.807, 2.05) is 27.7 Å². The van der Waals surface area contributed by atoms with Gasteiger partial charge in [-0.05, 0) is 11.8 Å². The number of Topliss-reactive ketones (excluding diaryl/α,β-unsaturated/α-hetero) is 1. The maximum Gasteiger partial charge on any atom is 0.141 e. The summed E-state index contributed by atoms with van der Waals surface area (Å²) in [6, 6.07) is 0. The Labute approximate surface area is 82.9 Å². The highest BCUT2D eigenvalue weighted by Crippen LogP contribution is 2.29. The molecule has 78 valence electrons. The van der Waals surface area contributed by atoms with Crippen LogP contribution in [0.25, 0.3) is 0 Å². The van der Waals surface area contributed by atoms with Crippen molar-refractivity contribution in [3.8, 4) is 0 Å². The summed E-state index contributed by atoms with van der Waals surface area (Å²) in [5, 5.41) is 0. The van der Waals surface area contributed by atoms with Gasteiger partial charge in [-0.3, -0.25) is 4.79 Å². The number of carbonyl (C=O) groups excluding carboxylic acids is 1. The summed E-state index contributed by atoms with van der Waals surface area (Å²) in [5.41, 5.74) is 0.0605. The van der Waals surface area contributed by atoms with Crippen LogP contribution >= 0.6 is 0 Å². The molecule has 0 aromatic rings. The lowest BCUT2D eigenvalue weighted by Gasteiger charge is -2.27. The topological polar surface area (TPSA) is 17.1 Å². The van der Waals surface area contributed by atoms with Crippen LogP contribution in [0.15, 0.2) is 0 Å². The normalized spacial score (nSPS) is 15.6. The summed E-state index contributed by atoms with van der Waals surface area (Å²) in [6.07, 6.45) is 0.975. The van der Waals surface area contributed by atoms with Crippen LogP contribution in [0.2, 0.25) is 0 Å². The molecule has 0 amide bonds. The molecule has 0 fully saturated rings. The first kappa shape index (κ1) is 12.7. The lowest BCUT2D eigenvalue weighted by atomic mass is 9.77. The van der Waals surface area contributed by atoms with Gasteiger partial charge in [-0.15, -0.1) is 0 Å². The molecule has 0 aliphatic carbocycles. The van der Waals surface area contributed by atoms with E-state index in [0.717, 1.165) is 6.42 Å². The zero-order chi connectivity index (χ0) is 10.9. The minimum Gasteiger partial charge on any atom is -0.299 e. The number of hydrogen-bond acceptors (Lipinski definition) is 1. The van der Waals surface area contributed by atoms with E-state index in [2.05, 4.69) is 20.8 Å². The van der Waals surface area contributed by atoms with Crippen molar-refractivity contribution >= 4 is 5.78 Å². The molecule has 0 rings (SSSR count). The Morgan fingerprint density at radius 2 is 1.46 bits per heavy atom. The second-order valence-corrected chi connectivity index (χ2v) is 6.28. The van der Waals surface area contributed by atoms with Crippen molar-refractivity contribution in [3.05, 3.63) is 0 Å². The number of hydrogen-bond donors (Lipinski definition) is 0. The van der Waals surface area contributed by atoms with Gasteiger partial charge in [-0.2, -0.15) is 0 Å². The van der Waals surface area contributed by atoms with Crippen LogP contribution in [0.4, 0.5) is 0 Å². The van der Waals surface area contributed by atoms with E-state index in [1.54, 1.807) is 0 Å². The predicted molar refractivity (Wildman–Crippen MR) is 57.7 cm³/mol. The zero-order valence-electron chi connectivity index (χ0n) is 10.2. The van der Waals surface area contributed by atoms with Gasteiger partial charge >= 0.3 is 0 Å². The van der Waals surface area contributed by atoms with Crippen molar-refractivity contribution in [2.24, 2.45) is 16.7 Å². The summed E-state index contributed by atoms with van der Waals surface area (Å²) in [5.74, 6) is 0.558. The molecule has 0 bridgehead atoms. The Morgan fingerprint density at radius 1 is 1.08 bits per heavy atom. The van der Waals surface area contributed by atoms with Gasteiger partial charge < -0.3 is 0 Å². The minimum atomic E-state index is -0.190. The van der Waals surface area contributed by atoms with E-state index in [1.165, 1.54) is 0 Å². The molecular formula is C12H24O. The molecule has 0 saturated heterocycles. The first-order valence-electron chi connectivity index (χ1n) is 5.08. The van der Waals surface area contributed by atoms with Crippen LogP contribution in [0.3, 0.4) is 0 Å². The molecular weight excluding hydrogens is 160 g/mol. The van der Waals surface area contributed by atoms with Crippen molar-refractivity contribution in [2.75, 3.05) is 0 Å². The first-order valence-corrected chi connectivity index (χ1v) is 5.08. The zero-order valence-corrected chi connectivity index (χ0v) is 10.2. The van der Waals surface area contributed by atoms with E-state index in [-0.39, 0.29) is 16.7 Å². The molecule has 0 aliphatic heterocycles. The summed E-state index contributed by atoms with van der Waals surface area (Å²) in [6.45, 7) is 14.6. The van der Waals surface area contributed by atoms with Crippen molar-refractivity contribution in [1.82, 2.24) is 0 Å². The highest BCUT2D eigenvalue weighted by atomic mass is 16.1. The summed E-state index contributed by atoms with van der Waals surface area (Å²) in [4.78, 5) is 11.8. The monoisotopic (exact) mass is 184 g/mol. The van der Waals surface area contributed by atoms with Gasteiger partial charge in [0.25, 0.3) is 0 Å². The van der Waals surface area contributed by atoms with E-state index in [4.69, 9.17) is 0 Å². The van der Waals surface area contributed by atoms with Gasteiger partial charge in [0.05, 0.1) is 0 Å². The average Bonchev–Trinajstić information content (AvgIpc) is 1.79. The molecule has 1 heteroatoms. The van der Waals surface area contributed by atoms with E-state index < -0.39 is 0 Å². The minimum absolute atomic E-state index is 0.181. The van der Waals surface area contributed by atoms with Gasteiger partial charge in [0, 0.05) is 11.3 Å². The second kappa shape index (κ2) is 3.81. The molecule has 0 spiro atoms. The Hall–Kier alpha value is -0.330. The fourth-order valence-electron chi connectivity index (χ4n) is 1.75. The van der Waals surface area contributed by atoms with Crippen LogP contribution in [0.5, 0.6) is 0 Å². The highest BCUT2D eigenvalue weighted by molar-refractivity contribution is 5.85. The standard InChI is InChI=1S/C12H24O/c1-9(8-11(2,3)4)10(13)12(5,6)7/h9H,8H2,1-7H3/t9-/m1/s1. The second-order valence-electron chi connectivity index (χ2n) is 6.28. The van der Waals surface area contributed by atoms with Crippen molar-refractivity contribution < 1.29 is 4.79 Å². The van der Waals surface area contributed by atoms with Crippen LogP contribution in [0, 0.1) is 16.7 Å². The van der Waals surface area contributed by atoms with Gasteiger partial charge in [-0.1, -0.05) is 48.5 Å². The third-order valence-electron chi connectivity index (χ3n) is 2.11. The average molecular weight is 184 g/mol. The van der Waals surface area contributed by atoms with Gasteiger partial charge in [0.2, 0.25) is 0 Å². The largest absolute Gasteiger partial charge is 0.299 e. The number of ketones is 1. The summed E-state index contributed by atoms with van der Waals surface area (Å²) < 4.78 is 0. The Bertz CT molecular complexity index is 178. The smallest absolute Gasteiger partial charge is 0.141 e. The van der Waals surface area contributed by atoms with E-state index in [9.17, 15) is 4.79 Å². The third kappa shape index (κ3) is 5.07. The molecule has 0 saturated carbocycles. The Balaban J connectivity index is 4.30. The van der Waals surface area contributed by atoms with Crippen LogP contribution in [0.1, 0.15) is 54.9 Å². The number of rotatable bonds is 2. The van der Waals surface area contributed by atoms with Gasteiger partial charge in [-0.25, -0.2) is 0 Å². The quantitative estimate of drug-likeness (QED) is 0.640. The molecule has 0 aliphatic rings. The van der Waals surface area contributed by atoms with Crippen LogP contribution in [-0.2, 0) is 4.79 Å². The predicted octanol–water partition coefficient (Wildman–Crippen LogP) is 3.67. The maximum absolute atomic E-state index is 11.8. The van der Waals surface area contributed by atoms with Gasteiger partial charge in [0.1, 0.15) is 5.78 Å². The van der Waals surface area contributed by atoms with Gasteiger partial charge in [0.15, 0.2) is 0 Å². The molecule has 1 nitrogen and oxygen atoms in total. The van der Waals surface area contributed by atoms with Crippen molar-refractivity contribution in [1.29, 1.82) is 0 Å². The van der Waals surface area contributed by atoms with E-state index >= 15 is 0 Å².